The molecule has 0 spiro atoms. The lowest BCUT2D eigenvalue weighted by Crippen LogP contribution is -2.35. The van der Waals surface area contributed by atoms with E-state index in [9.17, 15) is 14.4 Å². The first-order valence-electron chi connectivity index (χ1n) is 9.30. The molecule has 2 aliphatic rings. The highest BCUT2D eigenvalue weighted by Crippen LogP contribution is 2.33. The lowest BCUT2D eigenvalue weighted by Gasteiger charge is -2.26. The number of nitrogens with one attached hydrogen (secondary N) is 1. The van der Waals surface area contributed by atoms with Gasteiger partial charge in [0.1, 0.15) is 5.75 Å². The molecule has 0 radical (unpaired) electrons. The summed E-state index contributed by atoms with van der Waals surface area (Å²) in [5, 5.41) is 0.0356. The van der Waals surface area contributed by atoms with E-state index in [1.165, 1.54) is 16.7 Å². The smallest absolute Gasteiger partial charge is 0.264 e. The Hall–Kier alpha value is -2.61. The second kappa shape index (κ2) is 7.43. The van der Waals surface area contributed by atoms with Crippen LogP contribution >= 0.6 is 11.8 Å². The number of nitrogens with zero attached hydrogens (tertiary/aromatic N) is 2. The predicted octanol–water partition coefficient (Wildman–Crippen LogP) is 2.37. The summed E-state index contributed by atoms with van der Waals surface area (Å²) in [5.41, 5.74) is 2.60. The van der Waals surface area contributed by atoms with Gasteiger partial charge in [-0.3, -0.25) is 14.4 Å². The van der Waals surface area contributed by atoms with Gasteiger partial charge in [-0.05, 0) is 50.8 Å². The Labute approximate surface area is 166 Å². The van der Waals surface area contributed by atoms with Crippen LogP contribution in [0.15, 0.2) is 28.2 Å². The zero-order valence-electron chi connectivity index (χ0n) is 15.8. The molecule has 0 fully saturated rings. The van der Waals surface area contributed by atoms with Crippen molar-refractivity contribution in [3.05, 3.63) is 45.4 Å². The van der Waals surface area contributed by atoms with E-state index in [-0.39, 0.29) is 23.9 Å². The summed E-state index contributed by atoms with van der Waals surface area (Å²) in [6.45, 7) is 1.79. The van der Waals surface area contributed by atoms with Gasteiger partial charge in [-0.25, -0.2) is 4.98 Å². The van der Waals surface area contributed by atoms with Crippen LogP contribution in [0.2, 0.25) is 0 Å². The van der Waals surface area contributed by atoms with Gasteiger partial charge >= 0.3 is 0 Å². The van der Waals surface area contributed by atoms with Crippen molar-refractivity contribution in [3.8, 4) is 5.75 Å². The maximum atomic E-state index is 12.9. The summed E-state index contributed by atoms with van der Waals surface area (Å²) in [6.07, 6.45) is 3.62. The number of carbonyl (C=O) groups excluding carboxylic acids is 2. The Kier molecular flexibility index (Phi) is 4.97. The molecule has 1 aromatic carbocycles. The van der Waals surface area contributed by atoms with Gasteiger partial charge in [-0.2, -0.15) is 0 Å². The van der Waals surface area contributed by atoms with Crippen molar-refractivity contribution in [2.45, 2.75) is 43.0 Å². The highest BCUT2D eigenvalue weighted by Gasteiger charge is 2.25. The van der Waals surface area contributed by atoms with Gasteiger partial charge in [0.15, 0.2) is 17.5 Å². The number of amides is 1. The Morgan fingerprint density at radius 2 is 2.07 bits per heavy atom. The van der Waals surface area contributed by atoms with Crippen molar-refractivity contribution in [2.24, 2.45) is 0 Å². The zero-order chi connectivity index (χ0) is 19.8. The van der Waals surface area contributed by atoms with Gasteiger partial charge in [0.2, 0.25) is 0 Å². The number of likely N-dealkylation sites (N-methyl/N-ethyl adjacent to an activating group) is 1. The Morgan fingerprint density at radius 1 is 1.29 bits per heavy atom. The maximum absolute atomic E-state index is 12.9. The minimum Gasteiger partial charge on any atom is -0.482 e. The van der Waals surface area contributed by atoms with Crippen molar-refractivity contribution < 1.29 is 14.3 Å². The summed E-state index contributed by atoms with van der Waals surface area (Å²) in [7, 11) is 1.66. The SMILES string of the molecule is CC(Sc1nc2c(c(=O)[nH]1)CCCC2)C(=O)c1ccc2c(c1)N(C)C(=O)CO2. The van der Waals surface area contributed by atoms with Gasteiger partial charge in [0.05, 0.1) is 16.6 Å². The van der Waals surface area contributed by atoms with Crippen molar-refractivity contribution >= 4 is 29.1 Å². The summed E-state index contributed by atoms with van der Waals surface area (Å²) in [4.78, 5) is 45.9. The van der Waals surface area contributed by atoms with E-state index in [1.54, 1.807) is 32.2 Å². The number of ether oxygens (including phenoxy) is 1. The molecule has 146 valence electrons. The summed E-state index contributed by atoms with van der Waals surface area (Å²) < 4.78 is 5.41. The molecule has 1 unspecified atom stereocenters. The highest BCUT2D eigenvalue weighted by atomic mass is 32.2. The summed E-state index contributed by atoms with van der Waals surface area (Å²) in [6, 6.07) is 5.08. The molecule has 1 aliphatic carbocycles. The third kappa shape index (κ3) is 3.44. The summed E-state index contributed by atoms with van der Waals surface area (Å²) in [5.74, 6) is 0.328. The average molecular weight is 399 g/mol. The summed E-state index contributed by atoms with van der Waals surface area (Å²) >= 11 is 1.24. The van der Waals surface area contributed by atoms with Crippen LogP contribution in [0, 0.1) is 0 Å². The molecule has 7 nitrogen and oxygen atoms in total. The minimum atomic E-state index is -0.437. The number of anilines is 1. The molecule has 8 heteroatoms. The molecule has 1 amide bonds. The van der Waals surface area contributed by atoms with Crippen LogP contribution in [0.25, 0.3) is 0 Å². The van der Waals surface area contributed by atoms with Crippen molar-refractivity contribution in [1.82, 2.24) is 9.97 Å². The van der Waals surface area contributed by atoms with Crippen LogP contribution in [0.5, 0.6) is 5.75 Å². The molecular formula is C20H21N3O4S. The fourth-order valence-electron chi connectivity index (χ4n) is 3.52. The van der Waals surface area contributed by atoms with E-state index in [1.807, 2.05) is 0 Å². The van der Waals surface area contributed by atoms with Gasteiger partial charge in [-0.1, -0.05) is 11.8 Å². The predicted molar refractivity (Wildman–Crippen MR) is 106 cm³/mol. The number of benzene rings is 1. The number of aromatic nitrogens is 2. The number of ketones is 1. The van der Waals surface area contributed by atoms with Gasteiger partial charge in [0.25, 0.3) is 11.5 Å². The lowest BCUT2D eigenvalue weighted by molar-refractivity contribution is -0.120. The van der Waals surface area contributed by atoms with Gasteiger partial charge in [-0.15, -0.1) is 0 Å². The number of hydrogen-bond acceptors (Lipinski definition) is 6. The third-order valence-electron chi connectivity index (χ3n) is 5.16. The van der Waals surface area contributed by atoms with E-state index >= 15 is 0 Å². The number of rotatable bonds is 4. The fourth-order valence-corrected chi connectivity index (χ4v) is 4.41. The molecule has 0 saturated heterocycles. The Morgan fingerprint density at radius 3 is 2.89 bits per heavy atom. The van der Waals surface area contributed by atoms with Gasteiger partial charge < -0.3 is 14.6 Å². The lowest BCUT2D eigenvalue weighted by atomic mass is 9.97. The standard InChI is InChI=1S/C20H21N3O4S/c1-11(28-20-21-14-6-4-3-5-13(14)19(26)22-20)18(25)12-7-8-16-15(9-12)23(2)17(24)10-27-16/h7-9,11H,3-6,10H2,1-2H3,(H,21,22,26). The normalized spacial score (nSPS) is 16.8. The third-order valence-corrected chi connectivity index (χ3v) is 6.14. The molecular weight excluding hydrogens is 378 g/mol. The number of hydrogen-bond donors (Lipinski definition) is 1. The molecule has 1 N–H and O–H groups in total. The maximum Gasteiger partial charge on any atom is 0.264 e. The van der Waals surface area contributed by atoms with Crippen LogP contribution < -0.4 is 15.2 Å². The quantitative estimate of drug-likeness (QED) is 0.482. The van der Waals surface area contributed by atoms with Crippen LogP contribution in [0.1, 0.15) is 41.4 Å². The first-order chi connectivity index (χ1) is 13.4. The molecule has 0 saturated carbocycles. The molecule has 1 aromatic heterocycles. The molecule has 4 rings (SSSR count). The van der Waals surface area contributed by atoms with E-state index in [0.717, 1.165) is 36.9 Å². The number of H-pyrrole nitrogens is 1. The van der Waals surface area contributed by atoms with Crippen LogP contribution in [-0.4, -0.2) is 40.6 Å². The largest absolute Gasteiger partial charge is 0.482 e. The topological polar surface area (TPSA) is 92.4 Å². The number of aromatic amines is 1. The van der Waals surface area contributed by atoms with E-state index in [4.69, 9.17) is 4.74 Å². The Balaban J connectivity index is 1.55. The fraction of sp³-hybridized carbons (Fsp3) is 0.400. The highest BCUT2D eigenvalue weighted by molar-refractivity contribution is 8.00. The first-order valence-corrected chi connectivity index (χ1v) is 10.2. The molecule has 0 bridgehead atoms. The van der Waals surface area contributed by atoms with E-state index < -0.39 is 5.25 Å². The number of aryl methyl sites for hydroxylation is 1. The minimum absolute atomic E-state index is 0.000406. The molecule has 2 heterocycles. The second-order valence-corrected chi connectivity index (χ2v) is 8.38. The van der Waals surface area contributed by atoms with Crippen molar-refractivity contribution in [2.75, 3.05) is 18.6 Å². The molecule has 28 heavy (non-hydrogen) atoms. The van der Waals surface area contributed by atoms with Gasteiger partial charge in [0, 0.05) is 18.2 Å². The van der Waals surface area contributed by atoms with Crippen molar-refractivity contribution in [3.63, 3.8) is 0 Å². The second-order valence-electron chi connectivity index (χ2n) is 7.05. The van der Waals surface area contributed by atoms with E-state index in [2.05, 4.69) is 9.97 Å². The number of thioether (sulfide) groups is 1. The number of Topliss-reactive ketones (excluding diaryl/α,β-unsaturated/α-hetero) is 1. The first kappa shape index (κ1) is 18.7. The zero-order valence-corrected chi connectivity index (χ0v) is 16.6. The number of carbonyl (C=O) groups is 2. The van der Waals surface area contributed by atoms with Crippen LogP contribution in [-0.2, 0) is 17.6 Å². The van der Waals surface area contributed by atoms with E-state index in [0.29, 0.717) is 22.2 Å². The molecule has 2 aromatic rings. The van der Waals surface area contributed by atoms with Crippen LogP contribution in [0.3, 0.4) is 0 Å². The average Bonchev–Trinajstić information content (AvgIpc) is 2.70. The molecule has 1 atom stereocenters. The van der Waals surface area contributed by atoms with Crippen LogP contribution in [0.4, 0.5) is 5.69 Å². The monoisotopic (exact) mass is 399 g/mol. The molecule has 1 aliphatic heterocycles. The Bertz CT molecular complexity index is 1020. The van der Waals surface area contributed by atoms with Crippen molar-refractivity contribution in [1.29, 1.82) is 0 Å². The number of fused-ring (bicyclic) bond motifs is 2.